The van der Waals surface area contributed by atoms with E-state index < -0.39 is 10.8 Å². The Kier molecular flexibility index (Phi) is 13.8. The number of fused-ring (bicyclic) bond motifs is 2. The standard InChI is InChI=1S/2C40H30/c2*1-6-18-30(19-7-1)37-35-28-16-17-29-36(35)40(33-24-12-4-13-25-33,34-26-14-5-15-27-34)39(32-22-10-3-11-23-32)38(37)31-20-8-2-9-21-31/h2*1-29,39H/t2*39-/m10/s1. The maximum absolute atomic E-state index is 2.36. The highest BCUT2D eigenvalue weighted by molar-refractivity contribution is 6.06. The Labute approximate surface area is 472 Å². The second-order valence-corrected chi connectivity index (χ2v) is 20.9. The molecule has 0 saturated heterocycles. The first kappa shape index (κ1) is 49.7. The molecule has 0 radical (unpaired) electrons. The third kappa shape index (κ3) is 8.67. The zero-order valence-electron chi connectivity index (χ0n) is 44.6. The molecule has 2 aliphatic carbocycles. The predicted molar refractivity (Wildman–Crippen MR) is 334 cm³/mol. The minimum Gasteiger partial charge on any atom is -0.0622 e. The monoisotopic (exact) mass is 1020 g/mol. The van der Waals surface area contributed by atoms with Gasteiger partial charge in [0.2, 0.25) is 0 Å². The van der Waals surface area contributed by atoms with Crippen molar-refractivity contribution in [2.75, 3.05) is 0 Å². The fourth-order valence-electron chi connectivity index (χ4n) is 13.7. The second kappa shape index (κ2) is 22.2. The molecule has 0 heterocycles. The van der Waals surface area contributed by atoms with Gasteiger partial charge in [0.15, 0.2) is 0 Å². The lowest BCUT2D eigenvalue weighted by Crippen LogP contribution is -2.40. The molecule has 2 atom stereocenters. The molecule has 0 aromatic heterocycles. The quantitative estimate of drug-likeness (QED) is 0.128. The predicted octanol–water partition coefficient (Wildman–Crippen LogP) is 19.6. The molecule has 0 heteroatoms. The fraction of sp³-hybridized carbons (Fsp3) is 0.0500. The van der Waals surface area contributed by atoms with Gasteiger partial charge in [0.1, 0.15) is 0 Å². The molecule has 0 fully saturated rings. The van der Waals surface area contributed by atoms with E-state index >= 15 is 0 Å². The summed E-state index contributed by atoms with van der Waals surface area (Å²) >= 11 is 0. The maximum Gasteiger partial charge on any atom is 0.0566 e. The van der Waals surface area contributed by atoms with Crippen molar-refractivity contribution in [3.05, 3.63) is 430 Å². The summed E-state index contributed by atoms with van der Waals surface area (Å²) in [6, 6.07) is 129. The van der Waals surface area contributed by atoms with Crippen molar-refractivity contribution in [3.8, 4) is 0 Å². The van der Waals surface area contributed by atoms with Crippen LogP contribution in [0.25, 0.3) is 22.3 Å². The zero-order valence-corrected chi connectivity index (χ0v) is 44.6. The topological polar surface area (TPSA) is 0 Å². The van der Waals surface area contributed by atoms with Gasteiger partial charge in [0.05, 0.1) is 10.8 Å². The lowest BCUT2D eigenvalue weighted by atomic mass is 9.52. The molecule has 0 amide bonds. The first-order chi connectivity index (χ1) is 39.8. The Morgan fingerprint density at radius 3 is 0.675 bits per heavy atom. The third-order valence-electron chi connectivity index (χ3n) is 16.7. The van der Waals surface area contributed by atoms with Gasteiger partial charge in [-0.25, -0.2) is 0 Å². The molecule has 0 nitrogen and oxygen atoms in total. The van der Waals surface area contributed by atoms with Crippen LogP contribution in [-0.2, 0) is 10.8 Å². The van der Waals surface area contributed by atoms with Gasteiger partial charge in [-0.2, -0.15) is 0 Å². The summed E-state index contributed by atoms with van der Waals surface area (Å²) in [7, 11) is 0. The summed E-state index contributed by atoms with van der Waals surface area (Å²) in [6.45, 7) is 0. The minimum atomic E-state index is -0.454. The van der Waals surface area contributed by atoms with Crippen molar-refractivity contribution in [1.82, 2.24) is 0 Å². The molecule has 0 bridgehead atoms. The summed E-state index contributed by atoms with van der Waals surface area (Å²) in [5.74, 6) is 0.0389. The third-order valence-corrected chi connectivity index (χ3v) is 16.7. The molecule has 14 rings (SSSR count). The van der Waals surface area contributed by atoms with E-state index in [-0.39, 0.29) is 11.8 Å². The van der Waals surface area contributed by atoms with E-state index in [1.165, 1.54) is 100 Å². The molecule has 0 spiro atoms. The van der Waals surface area contributed by atoms with Crippen LogP contribution in [0, 0.1) is 0 Å². The minimum absolute atomic E-state index is 0.0195. The van der Waals surface area contributed by atoms with Crippen LogP contribution >= 0.6 is 0 Å². The fourth-order valence-corrected chi connectivity index (χ4v) is 13.7. The largest absolute Gasteiger partial charge is 0.0622 e. The van der Waals surface area contributed by atoms with E-state index in [2.05, 4.69) is 352 Å². The van der Waals surface area contributed by atoms with Crippen LogP contribution in [0.15, 0.2) is 352 Å². The molecule has 80 heavy (non-hydrogen) atoms. The summed E-state index contributed by atoms with van der Waals surface area (Å²) in [6.07, 6.45) is 0. The van der Waals surface area contributed by atoms with Crippen molar-refractivity contribution in [2.24, 2.45) is 0 Å². The van der Waals surface area contributed by atoms with Crippen LogP contribution in [0.1, 0.15) is 89.7 Å². The number of rotatable bonds is 10. The van der Waals surface area contributed by atoms with E-state index in [9.17, 15) is 0 Å². The van der Waals surface area contributed by atoms with Gasteiger partial charge in [-0.15, -0.1) is 0 Å². The van der Waals surface area contributed by atoms with E-state index in [1.54, 1.807) is 0 Å². The van der Waals surface area contributed by atoms with Gasteiger partial charge in [0.25, 0.3) is 0 Å². The number of hydrogen-bond donors (Lipinski definition) is 0. The van der Waals surface area contributed by atoms with E-state index in [4.69, 9.17) is 0 Å². The van der Waals surface area contributed by atoms with Crippen LogP contribution in [0.5, 0.6) is 0 Å². The van der Waals surface area contributed by atoms with Crippen LogP contribution < -0.4 is 0 Å². The molecule has 0 saturated carbocycles. The molecule has 2 aliphatic rings. The number of allylic oxidation sites excluding steroid dienone is 2. The molecule has 0 N–H and O–H groups in total. The molecular weight excluding hydrogens is 961 g/mol. The van der Waals surface area contributed by atoms with Gasteiger partial charge in [0, 0.05) is 11.8 Å². The van der Waals surface area contributed by atoms with Crippen molar-refractivity contribution < 1.29 is 0 Å². The van der Waals surface area contributed by atoms with Crippen molar-refractivity contribution in [1.29, 1.82) is 0 Å². The first-order valence-electron chi connectivity index (χ1n) is 28.0. The highest BCUT2D eigenvalue weighted by atomic mass is 14.5. The smallest absolute Gasteiger partial charge is 0.0566 e. The highest BCUT2D eigenvalue weighted by Crippen LogP contribution is 2.63. The van der Waals surface area contributed by atoms with Gasteiger partial charge >= 0.3 is 0 Å². The van der Waals surface area contributed by atoms with Crippen LogP contribution in [0.4, 0.5) is 0 Å². The summed E-state index contributed by atoms with van der Waals surface area (Å²) in [4.78, 5) is 0. The van der Waals surface area contributed by atoms with Crippen molar-refractivity contribution in [2.45, 2.75) is 22.7 Å². The summed E-state index contributed by atoms with van der Waals surface area (Å²) in [5.41, 5.74) is 22.4. The maximum atomic E-state index is 2.36. The summed E-state index contributed by atoms with van der Waals surface area (Å²) < 4.78 is 0. The molecule has 12 aromatic rings. The Morgan fingerprint density at radius 2 is 0.400 bits per heavy atom. The average Bonchev–Trinajstić information content (AvgIpc) is 3.73. The van der Waals surface area contributed by atoms with Crippen LogP contribution in [0.2, 0.25) is 0 Å². The zero-order chi connectivity index (χ0) is 53.6. The SMILES string of the molecule is c1ccc(C2=C(c3ccccc3)[C@@H](c3ccccc3)C(c3ccccc3)(c3ccccc3)c3ccccc32)cc1.c1ccc(C2=C(c3ccccc3)[C@H](c3ccccc3)C(c3ccccc3)(c3ccccc3)c3ccccc32)cc1. The van der Waals surface area contributed by atoms with Crippen molar-refractivity contribution in [3.63, 3.8) is 0 Å². The van der Waals surface area contributed by atoms with E-state index in [0.717, 1.165) is 0 Å². The molecule has 380 valence electrons. The van der Waals surface area contributed by atoms with Gasteiger partial charge < -0.3 is 0 Å². The van der Waals surface area contributed by atoms with Crippen LogP contribution in [-0.4, -0.2) is 0 Å². The van der Waals surface area contributed by atoms with E-state index in [1.807, 2.05) is 0 Å². The lowest BCUT2D eigenvalue weighted by molar-refractivity contribution is 0.554. The van der Waals surface area contributed by atoms with Crippen molar-refractivity contribution >= 4 is 22.3 Å². The highest BCUT2D eigenvalue weighted by Gasteiger charge is 2.53. The van der Waals surface area contributed by atoms with Gasteiger partial charge in [-0.3, -0.25) is 0 Å². The number of benzene rings is 12. The molecule has 0 unspecified atom stereocenters. The molecule has 0 aliphatic heterocycles. The lowest BCUT2D eigenvalue weighted by Gasteiger charge is -2.49. The number of hydrogen-bond acceptors (Lipinski definition) is 0. The Balaban J connectivity index is 0.000000151. The molecule has 12 aromatic carbocycles. The van der Waals surface area contributed by atoms with Gasteiger partial charge in [-0.1, -0.05) is 352 Å². The Bertz CT molecular complexity index is 3690. The summed E-state index contributed by atoms with van der Waals surface area (Å²) in [5, 5.41) is 0. The van der Waals surface area contributed by atoms with E-state index in [0.29, 0.717) is 0 Å². The Morgan fingerprint density at radius 1 is 0.188 bits per heavy atom. The van der Waals surface area contributed by atoms with Gasteiger partial charge in [-0.05, 0) is 100 Å². The first-order valence-corrected chi connectivity index (χ1v) is 28.0. The molecular formula is C80H60. The van der Waals surface area contributed by atoms with Crippen LogP contribution in [0.3, 0.4) is 0 Å². The normalized spacial score (nSPS) is 15.8. The second-order valence-electron chi connectivity index (χ2n) is 20.9. The Hall–Kier alpha value is -9.88. The average molecular weight is 1020 g/mol.